The number of aromatic nitrogens is 3. The number of aliphatic hydroxyl groups is 1. The minimum Gasteiger partial charge on any atom is -0.481 e. The fourth-order valence-corrected chi connectivity index (χ4v) is 3.28. The molecule has 1 unspecified atom stereocenters. The number of hydrogen-bond acceptors (Lipinski definition) is 5. The Hall–Kier alpha value is -2.41. The van der Waals surface area contributed by atoms with E-state index in [1.165, 1.54) is 0 Å². The van der Waals surface area contributed by atoms with Gasteiger partial charge in [-0.1, -0.05) is 13.0 Å². The molecule has 134 valence electrons. The standard InChI is InChI=1S/C18H24N4O3/c1-4-14-10(2)16(22-21-14)18(24)20-17(12-7-13(23)8-12)11-5-6-15(25-3)19-9-11/h5-6,9,12-13,17,23H,4,7-8H2,1-3H3,(H,20,24)(H,21,22). The normalized spacial score (nSPS) is 20.6. The highest BCUT2D eigenvalue weighted by atomic mass is 16.5. The highest BCUT2D eigenvalue weighted by Gasteiger charge is 2.36. The maximum atomic E-state index is 12.7. The molecule has 1 amide bonds. The summed E-state index contributed by atoms with van der Waals surface area (Å²) in [6.45, 7) is 3.91. The quantitative estimate of drug-likeness (QED) is 0.743. The summed E-state index contributed by atoms with van der Waals surface area (Å²) >= 11 is 0. The number of carbonyl (C=O) groups is 1. The van der Waals surface area contributed by atoms with Crippen LogP contribution in [0.4, 0.5) is 0 Å². The molecule has 7 nitrogen and oxygen atoms in total. The molecule has 2 heterocycles. The first-order chi connectivity index (χ1) is 12.0. The molecular formula is C18H24N4O3. The number of H-pyrrole nitrogens is 1. The van der Waals surface area contributed by atoms with Crippen molar-refractivity contribution >= 4 is 5.91 Å². The number of nitrogens with zero attached hydrogens (tertiary/aromatic N) is 2. The number of carbonyl (C=O) groups excluding carboxylic acids is 1. The van der Waals surface area contributed by atoms with Gasteiger partial charge in [0.15, 0.2) is 5.69 Å². The largest absolute Gasteiger partial charge is 0.481 e. The molecule has 0 saturated heterocycles. The van der Waals surface area contributed by atoms with Crippen molar-refractivity contribution in [1.82, 2.24) is 20.5 Å². The summed E-state index contributed by atoms with van der Waals surface area (Å²) in [5.41, 5.74) is 3.16. The third kappa shape index (κ3) is 3.51. The number of nitrogens with one attached hydrogen (secondary N) is 2. The second-order valence-electron chi connectivity index (χ2n) is 6.50. The molecule has 0 bridgehead atoms. The fraction of sp³-hybridized carbons (Fsp3) is 0.500. The summed E-state index contributed by atoms with van der Waals surface area (Å²) in [7, 11) is 1.56. The SMILES string of the molecule is CCc1[nH]nc(C(=O)NC(c2ccc(OC)nc2)C2CC(O)C2)c1C. The highest BCUT2D eigenvalue weighted by molar-refractivity contribution is 5.94. The molecule has 3 rings (SSSR count). The minimum absolute atomic E-state index is 0.180. The van der Waals surface area contributed by atoms with Gasteiger partial charge in [-0.25, -0.2) is 4.98 Å². The molecule has 2 aromatic heterocycles. The van der Waals surface area contributed by atoms with Gasteiger partial charge in [0.25, 0.3) is 5.91 Å². The zero-order valence-electron chi connectivity index (χ0n) is 14.7. The van der Waals surface area contributed by atoms with E-state index in [4.69, 9.17) is 4.74 Å². The topological polar surface area (TPSA) is 100 Å². The van der Waals surface area contributed by atoms with Crippen molar-refractivity contribution in [3.05, 3.63) is 40.8 Å². The van der Waals surface area contributed by atoms with Crippen LogP contribution in [0.1, 0.15) is 53.1 Å². The summed E-state index contributed by atoms with van der Waals surface area (Å²) in [5, 5.41) is 19.8. The van der Waals surface area contributed by atoms with Gasteiger partial charge < -0.3 is 15.2 Å². The fourth-order valence-electron chi connectivity index (χ4n) is 3.28. The Labute approximate surface area is 146 Å². The highest BCUT2D eigenvalue weighted by Crippen LogP contribution is 2.38. The van der Waals surface area contributed by atoms with Gasteiger partial charge in [0.05, 0.1) is 19.3 Å². The Balaban J connectivity index is 1.81. The molecule has 25 heavy (non-hydrogen) atoms. The number of aryl methyl sites for hydroxylation is 1. The predicted octanol–water partition coefficient (Wildman–Crippen LogP) is 1.93. The Morgan fingerprint density at radius 3 is 2.76 bits per heavy atom. The molecule has 0 radical (unpaired) electrons. The van der Waals surface area contributed by atoms with Gasteiger partial charge in [-0.15, -0.1) is 0 Å². The molecular weight excluding hydrogens is 320 g/mol. The summed E-state index contributed by atoms with van der Waals surface area (Å²) < 4.78 is 5.10. The van der Waals surface area contributed by atoms with E-state index in [0.29, 0.717) is 24.4 Å². The van der Waals surface area contributed by atoms with Crippen molar-refractivity contribution in [2.24, 2.45) is 5.92 Å². The van der Waals surface area contributed by atoms with Crippen LogP contribution in [0.25, 0.3) is 0 Å². The lowest BCUT2D eigenvalue weighted by Crippen LogP contribution is -2.41. The molecule has 1 aliphatic carbocycles. The number of ether oxygens (including phenoxy) is 1. The van der Waals surface area contributed by atoms with E-state index in [2.05, 4.69) is 20.5 Å². The summed E-state index contributed by atoms with van der Waals surface area (Å²) in [5.74, 6) is 0.493. The third-order valence-electron chi connectivity index (χ3n) is 4.91. The number of aromatic amines is 1. The van der Waals surface area contributed by atoms with Crippen LogP contribution in [-0.2, 0) is 6.42 Å². The lowest BCUT2D eigenvalue weighted by Gasteiger charge is -2.38. The van der Waals surface area contributed by atoms with E-state index in [1.807, 2.05) is 19.9 Å². The average Bonchev–Trinajstić information content (AvgIpc) is 2.98. The lowest BCUT2D eigenvalue weighted by molar-refractivity contribution is 0.0234. The van der Waals surface area contributed by atoms with Crippen molar-refractivity contribution in [3.63, 3.8) is 0 Å². The van der Waals surface area contributed by atoms with Gasteiger partial charge in [-0.3, -0.25) is 9.89 Å². The van der Waals surface area contributed by atoms with Crippen LogP contribution in [-0.4, -0.2) is 39.4 Å². The number of hydrogen-bond donors (Lipinski definition) is 3. The van der Waals surface area contributed by atoms with Crippen molar-refractivity contribution < 1.29 is 14.6 Å². The van der Waals surface area contributed by atoms with Crippen molar-refractivity contribution in [2.45, 2.75) is 45.3 Å². The first-order valence-corrected chi connectivity index (χ1v) is 8.56. The Morgan fingerprint density at radius 2 is 2.24 bits per heavy atom. The van der Waals surface area contributed by atoms with E-state index < -0.39 is 0 Å². The smallest absolute Gasteiger partial charge is 0.272 e. The monoisotopic (exact) mass is 344 g/mol. The molecule has 0 spiro atoms. The van der Waals surface area contributed by atoms with Crippen LogP contribution in [0.3, 0.4) is 0 Å². The van der Waals surface area contributed by atoms with E-state index in [0.717, 1.165) is 23.2 Å². The van der Waals surface area contributed by atoms with Crippen LogP contribution in [0, 0.1) is 12.8 Å². The molecule has 1 atom stereocenters. The van der Waals surface area contributed by atoms with Crippen LogP contribution in [0.2, 0.25) is 0 Å². The van der Waals surface area contributed by atoms with Crippen molar-refractivity contribution in [3.8, 4) is 5.88 Å². The maximum Gasteiger partial charge on any atom is 0.272 e. The van der Waals surface area contributed by atoms with Crippen LogP contribution in [0.5, 0.6) is 5.88 Å². The number of methoxy groups -OCH3 is 1. The molecule has 1 aliphatic rings. The number of pyridine rings is 1. The first-order valence-electron chi connectivity index (χ1n) is 8.56. The van der Waals surface area contributed by atoms with Gasteiger partial charge in [0.1, 0.15) is 0 Å². The molecule has 7 heteroatoms. The molecule has 1 saturated carbocycles. The van der Waals surface area contributed by atoms with Crippen LogP contribution < -0.4 is 10.1 Å². The second kappa shape index (κ2) is 7.23. The van der Waals surface area contributed by atoms with Crippen molar-refractivity contribution in [2.75, 3.05) is 7.11 Å². The molecule has 1 fully saturated rings. The molecule has 3 N–H and O–H groups in total. The Kier molecular flexibility index (Phi) is 5.03. The lowest BCUT2D eigenvalue weighted by atomic mass is 9.75. The first kappa shape index (κ1) is 17.4. The van der Waals surface area contributed by atoms with Crippen molar-refractivity contribution in [1.29, 1.82) is 0 Å². The zero-order valence-corrected chi connectivity index (χ0v) is 14.7. The summed E-state index contributed by atoms with van der Waals surface area (Å²) in [6, 6.07) is 3.46. The second-order valence-corrected chi connectivity index (χ2v) is 6.50. The third-order valence-corrected chi connectivity index (χ3v) is 4.91. The van der Waals surface area contributed by atoms with E-state index in [1.54, 1.807) is 19.4 Å². The Morgan fingerprint density at radius 1 is 1.48 bits per heavy atom. The van der Waals surface area contributed by atoms with Gasteiger partial charge >= 0.3 is 0 Å². The molecule has 2 aromatic rings. The Bertz CT molecular complexity index is 735. The summed E-state index contributed by atoms with van der Waals surface area (Å²) in [4.78, 5) is 17.0. The zero-order chi connectivity index (χ0) is 18.0. The molecule has 0 aromatic carbocycles. The summed E-state index contributed by atoms with van der Waals surface area (Å²) in [6.07, 6.45) is 3.54. The van der Waals surface area contributed by atoms with E-state index in [9.17, 15) is 9.90 Å². The maximum absolute atomic E-state index is 12.7. The minimum atomic E-state index is -0.297. The van der Waals surface area contributed by atoms with Gasteiger partial charge in [0, 0.05) is 23.5 Å². The predicted molar refractivity (Wildman–Crippen MR) is 92.4 cm³/mol. The van der Waals surface area contributed by atoms with Gasteiger partial charge in [-0.05, 0) is 37.7 Å². The molecule has 0 aliphatic heterocycles. The van der Waals surface area contributed by atoms with E-state index in [-0.39, 0.29) is 24.0 Å². The van der Waals surface area contributed by atoms with Gasteiger partial charge in [-0.2, -0.15) is 5.10 Å². The van der Waals surface area contributed by atoms with Crippen LogP contribution >= 0.6 is 0 Å². The average molecular weight is 344 g/mol. The number of rotatable bonds is 6. The van der Waals surface area contributed by atoms with Crippen LogP contribution in [0.15, 0.2) is 18.3 Å². The number of amides is 1. The van der Waals surface area contributed by atoms with Gasteiger partial charge in [0.2, 0.25) is 5.88 Å². The number of aliphatic hydroxyl groups excluding tert-OH is 1. The van der Waals surface area contributed by atoms with E-state index >= 15 is 0 Å².